The Balaban J connectivity index is 0.000000343. The van der Waals surface area contributed by atoms with E-state index >= 15 is 0 Å². The summed E-state index contributed by atoms with van der Waals surface area (Å²) in [6, 6.07) is 5.61. The number of anilines is 1. The fraction of sp³-hybridized carbons (Fsp3) is 0.526. The van der Waals surface area contributed by atoms with Gasteiger partial charge >= 0.3 is 104 Å². The molecule has 7 nitrogen and oxygen atoms in total. The van der Waals surface area contributed by atoms with Crippen LogP contribution in [-0.4, -0.2) is 46.6 Å². The number of rotatable bonds is 6. The smallest absolute Gasteiger partial charge is 0.411 e. The van der Waals surface area contributed by atoms with E-state index in [4.69, 9.17) is 38.6 Å². The van der Waals surface area contributed by atoms with Crippen LogP contribution in [0.3, 0.4) is 0 Å². The number of thiocarbonyl (C=S) groups is 2. The van der Waals surface area contributed by atoms with Gasteiger partial charge in [0.2, 0.25) is 0 Å². The first-order chi connectivity index (χ1) is 14.7. The molecule has 2 rings (SSSR count). The van der Waals surface area contributed by atoms with E-state index in [1.54, 1.807) is 32.0 Å². The predicted molar refractivity (Wildman–Crippen MR) is 135 cm³/mol. The fourth-order valence-electron chi connectivity index (χ4n) is 2.21. The van der Waals surface area contributed by atoms with E-state index < -0.39 is 20.8 Å². The summed E-state index contributed by atoms with van der Waals surface area (Å²) in [5.41, 5.74) is 0.609. The average molecular weight is 557 g/mol. The maximum atomic E-state index is 11.5. The third-order valence-corrected chi connectivity index (χ3v) is 16.8. The number of hydrogen-bond donors (Lipinski definition) is 3. The number of amides is 1. The molecule has 1 aromatic carbocycles. The molecule has 0 radical (unpaired) electrons. The SMILES string of the molecule is CC1CNC(=S)[S][Zn][S]C(=S)N1.CCOc1ccc(NC(=O)OC(C)C)cc1OCC. The first-order valence-corrected chi connectivity index (χ1v) is 20.0. The minimum Gasteiger partial charge on any atom is -0.490 e. The number of ether oxygens (including phenoxy) is 3. The molecule has 1 aliphatic heterocycles. The summed E-state index contributed by atoms with van der Waals surface area (Å²) in [4.78, 5) is 11.5. The van der Waals surface area contributed by atoms with Gasteiger partial charge < -0.3 is 14.2 Å². The second kappa shape index (κ2) is 15.9. The van der Waals surface area contributed by atoms with Gasteiger partial charge in [-0.3, -0.25) is 5.32 Å². The quantitative estimate of drug-likeness (QED) is 0.330. The Labute approximate surface area is 209 Å². The fourth-order valence-corrected chi connectivity index (χ4v) is 14.9. The van der Waals surface area contributed by atoms with E-state index in [1.807, 2.05) is 33.4 Å². The zero-order valence-corrected chi connectivity index (χ0v) is 24.7. The Morgan fingerprint density at radius 2 is 1.84 bits per heavy atom. The van der Waals surface area contributed by atoms with Gasteiger partial charge in [0.25, 0.3) is 0 Å². The van der Waals surface area contributed by atoms with Crippen LogP contribution in [0, 0.1) is 0 Å². The van der Waals surface area contributed by atoms with E-state index in [1.165, 1.54) is 0 Å². The van der Waals surface area contributed by atoms with Crippen LogP contribution in [0.2, 0.25) is 0 Å². The topological polar surface area (TPSA) is 80.9 Å². The van der Waals surface area contributed by atoms with E-state index in [0.717, 1.165) is 15.2 Å². The molecule has 170 valence electrons. The van der Waals surface area contributed by atoms with Crippen molar-refractivity contribution >= 4 is 64.4 Å². The molecule has 0 spiro atoms. The Morgan fingerprint density at radius 1 is 1.19 bits per heavy atom. The summed E-state index contributed by atoms with van der Waals surface area (Å²) in [6.45, 7) is 11.4. The second-order valence-electron chi connectivity index (χ2n) is 6.51. The van der Waals surface area contributed by atoms with Crippen LogP contribution < -0.4 is 25.4 Å². The first-order valence-electron chi connectivity index (χ1n) is 9.96. The van der Waals surface area contributed by atoms with Crippen molar-refractivity contribution in [2.45, 2.75) is 46.8 Å². The number of benzene rings is 1. The standard InChI is InChI=1S/C14H21NO4.C5H10N2S4.Zn/c1-5-17-12-8-7-11(9-13(12)18-6-2)15-14(16)19-10(3)4;1-3(7-5(10)11)2-6-4(8)9;/h7-10H,5-6H2,1-4H3,(H,15,16);3H,2H2,1H3,(H2,6,8,9)(H2,7,10,11);/q;;+2/p-2. The Kier molecular flexibility index (Phi) is 14.5. The normalized spacial score (nSPS) is 15.9. The predicted octanol–water partition coefficient (Wildman–Crippen LogP) is 4.96. The van der Waals surface area contributed by atoms with Crippen LogP contribution in [0.4, 0.5) is 10.5 Å². The molecule has 1 aromatic rings. The largest absolute Gasteiger partial charge is 0.490 e. The van der Waals surface area contributed by atoms with Gasteiger partial charge in [-0.1, -0.05) is 0 Å². The van der Waals surface area contributed by atoms with E-state index in [9.17, 15) is 4.79 Å². The van der Waals surface area contributed by atoms with E-state index in [0.29, 0.717) is 36.4 Å². The molecule has 1 unspecified atom stereocenters. The number of hydrogen-bond acceptors (Lipinski definition) is 8. The number of nitrogens with one attached hydrogen (secondary N) is 3. The van der Waals surface area contributed by atoms with Gasteiger partial charge in [-0.2, -0.15) is 0 Å². The average Bonchev–Trinajstić information content (AvgIpc) is 2.75. The van der Waals surface area contributed by atoms with Crippen molar-refractivity contribution in [3.05, 3.63) is 18.2 Å². The molecule has 1 atom stereocenters. The number of carbonyl (C=O) groups is 1. The van der Waals surface area contributed by atoms with Gasteiger partial charge in [0.15, 0.2) is 11.5 Å². The summed E-state index contributed by atoms with van der Waals surface area (Å²) < 4.78 is 17.8. The maximum absolute atomic E-state index is 11.5. The molecule has 1 heterocycles. The van der Waals surface area contributed by atoms with Crippen LogP contribution >= 0.6 is 43.9 Å². The monoisotopic (exact) mass is 555 g/mol. The molecule has 1 aliphatic rings. The van der Waals surface area contributed by atoms with Gasteiger partial charge in [0.1, 0.15) is 0 Å². The summed E-state index contributed by atoms with van der Waals surface area (Å²) >= 11 is 9.59. The van der Waals surface area contributed by atoms with Gasteiger partial charge in [0.05, 0.1) is 19.3 Å². The van der Waals surface area contributed by atoms with Gasteiger partial charge in [-0.25, -0.2) is 4.79 Å². The molecule has 31 heavy (non-hydrogen) atoms. The molecule has 0 aromatic heterocycles. The van der Waals surface area contributed by atoms with E-state index in [2.05, 4.69) is 22.9 Å². The summed E-state index contributed by atoms with van der Waals surface area (Å²) in [5.74, 6) is 1.26. The van der Waals surface area contributed by atoms with Crippen molar-refractivity contribution in [3.63, 3.8) is 0 Å². The van der Waals surface area contributed by atoms with Crippen LogP contribution in [-0.2, 0) is 19.4 Å². The minimum atomic E-state index is -0.667. The summed E-state index contributed by atoms with van der Waals surface area (Å²) in [6.07, 6.45) is -0.643. The number of carbonyl (C=O) groups excluding carboxylic acids is 1. The molecule has 12 heteroatoms. The molecule has 0 saturated carbocycles. The molecule has 0 bridgehead atoms. The van der Waals surface area contributed by atoms with Crippen molar-refractivity contribution < 1.29 is 33.7 Å². The van der Waals surface area contributed by atoms with Crippen LogP contribution in [0.1, 0.15) is 34.6 Å². The van der Waals surface area contributed by atoms with E-state index in [-0.39, 0.29) is 6.10 Å². The molecule has 1 fully saturated rings. The molecule has 0 aliphatic carbocycles. The molecule has 1 amide bonds. The Bertz CT molecular complexity index is 740. The molecular formula is C19H29N3O4S4Zn. The van der Waals surface area contributed by atoms with Crippen molar-refractivity contribution in [3.8, 4) is 11.5 Å². The Hall–Kier alpha value is -0.807. The molecule has 3 N–H and O–H groups in total. The van der Waals surface area contributed by atoms with Crippen LogP contribution in [0.25, 0.3) is 0 Å². The van der Waals surface area contributed by atoms with Crippen molar-refractivity contribution in [2.24, 2.45) is 0 Å². The van der Waals surface area contributed by atoms with Crippen molar-refractivity contribution in [1.82, 2.24) is 10.6 Å². The van der Waals surface area contributed by atoms with Gasteiger partial charge in [-0.15, -0.1) is 0 Å². The van der Waals surface area contributed by atoms with Crippen molar-refractivity contribution in [2.75, 3.05) is 25.1 Å². The van der Waals surface area contributed by atoms with Gasteiger partial charge in [-0.05, 0) is 39.8 Å². The zero-order valence-electron chi connectivity index (χ0n) is 18.5. The molecule has 1 saturated heterocycles. The minimum absolute atomic E-state index is 0.158. The summed E-state index contributed by atoms with van der Waals surface area (Å²) in [5, 5.41) is 9.09. The Morgan fingerprint density at radius 3 is 2.48 bits per heavy atom. The van der Waals surface area contributed by atoms with Crippen LogP contribution in [0.15, 0.2) is 18.2 Å². The third-order valence-electron chi connectivity index (χ3n) is 3.43. The summed E-state index contributed by atoms with van der Waals surface area (Å²) in [7, 11) is 3.63. The maximum Gasteiger partial charge on any atom is 0.411 e. The third kappa shape index (κ3) is 12.7. The second-order valence-corrected chi connectivity index (χ2v) is 18.3. The first kappa shape index (κ1) is 28.2. The van der Waals surface area contributed by atoms with Gasteiger partial charge in [0, 0.05) is 11.8 Å². The van der Waals surface area contributed by atoms with Crippen molar-refractivity contribution in [1.29, 1.82) is 0 Å². The van der Waals surface area contributed by atoms with Crippen LogP contribution in [0.5, 0.6) is 11.5 Å². The zero-order chi connectivity index (χ0) is 23.2. The molecular weight excluding hydrogens is 528 g/mol.